The second kappa shape index (κ2) is 10.7. The number of carbonyl (C=O) groups is 1. The number of para-hydroxylation sites is 2. The summed E-state index contributed by atoms with van der Waals surface area (Å²) in [6.45, 7) is 2.39. The number of benzene rings is 2. The van der Waals surface area contributed by atoms with Gasteiger partial charge in [-0.15, -0.1) is 10.2 Å². The molecule has 2 aromatic carbocycles. The highest BCUT2D eigenvalue weighted by atomic mass is 32.2. The number of carbonyl (C=O) groups excluding carboxylic acids is 1. The fourth-order valence-electron chi connectivity index (χ4n) is 3.18. The first kappa shape index (κ1) is 23.1. The van der Waals surface area contributed by atoms with Crippen LogP contribution in [-0.2, 0) is 16.1 Å². The van der Waals surface area contributed by atoms with Gasteiger partial charge >= 0.3 is 0 Å². The molecule has 0 unspecified atom stereocenters. The van der Waals surface area contributed by atoms with Crippen LogP contribution in [0.5, 0.6) is 5.75 Å². The van der Waals surface area contributed by atoms with Crippen molar-refractivity contribution in [3.8, 4) is 5.75 Å². The zero-order valence-corrected chi connectivity index (χ0v) is 19.7. The molecule has 0 fully saturated rings. The fraction of sp³-hybridized carbons (Fsp3) is 0.273. The first-order valence-corrected chi connectivity index (χ1v) is 11.9. The first-order valence-electron chi connectivity index (χ1n) is 10.1. The van der Waals surface area contributed by atoms with E-state index in [0.29, 0.717) is 22.7 Å². The van der Waals surface area contributed by atoms with Gasteiger partial charge in [0.1, 0.15) is 6.61 Å². The van der Waals surface area contributed by atoms with Crippen LogP contribution in [0.3, 0.4) is 0 Å². The Morgan fingerprint density at radius 1 is 1.21 bits per heavy atom. The van der Waals surface area contributed by atoms with Crippen LogP contribution >= 0.6 is 23.1 Å². The van der Waals surface area contributed by atoms with E-state index in [1.54, 1.807) is 25.3 Å². The second-order valence-electron chi connectivity index (χ2n) is 7.12. The zero-order chi connectivity index (χ0) is 23.2. The fourth-order valence-corrected chi connectivity index (χ4v) is 4.92. The lowest BCUT2D eigenvalue weighted by Crippen LogP contribution is -2.18. The van der Waals surface area contributed by atoms with Crippen LogP contribution < -0.4 is 10.1 Å². The minimum Gasteiger partial charge on any atom is -0.483 e. The van der Waals surface area contributed by atoms with Crippen molar-refractivity contribution in [3.05, 3.63) is 60.2 Å². The molecule has 2 aromatic heterocycles. The minimum absolute atomic E-state index is 0.0282. The van der Waals surface area contributed by atoms with Crippen LogP contribution in [0.4, 0.5) is 9.52 Å². The topological polar surface area (TPSA) is 91.2 Å². The van der Waals surface area contributed by atoms with Crippen LogP contribution in [0, 0.1) is 5.82 Å². The van der Waals surface area contributed by atoms with E-state index in [4.69, 9.17) is 9.47 Å². The SMILES string of the molecule is COC[C@H](C)n1c(COc2ccccc2F)nnc1SCC(=O)Nc1nc2ccccc2s1. The zero-order valence-electron chi connectivity index (χ0n) is 18.0. The molecule has 4 rings (SSSR count). The van der Waals surface area contributed by atoms with Crippen LogP contribution in [0.15, 0.2) is 53.7 Å². The lowest BCUT2D eigenvalue weighted by atomic mass is 10.3. The maximum absolute atomic E-state index is 13.9. The Hall–Kier alpha value is -3.02. The van der Waals surface area contributed by atoms with E-state index in [1.807, 2.05) is 35.8 Å². The molecule has 0 radical (unpaired) electrons. The maximum atomic E-state index is 13.9. The number of thioether (sulfide) groups is 1. The molecule has 1 atom stereocenters. The smallest absolute Gasteiger partial charge is 0.236 e. The number of amides is 1. The predicted octanol–water partition coefficient (Wildman–Crippen LogP) is 4.54. The van der Waals surface area contributed by atoms with E-state index in [0.717, 1.165) is 10.2 Å². The number of halogens is 1. The van der Waals surface area contributed by atoms with Crippen molar-refractivity contribution in [1.29, 1.82) is 0 Å². The van der Waals surface area contributed by atoms with Gasteiger partial charge in [-0.1, -0.05) is 47.4 Å². The summed E-state index contributed by atoms with van der Waals surface area (Å²) in [4.78, 5) is 16.9. The molecule has 8 nitrogen and oxygen atoms in total. The molecule has 1 amide bonds. The Balaban J connectivity index is 1.43. The predicted molar refractivity (Wildman–Crippen MR) is 126 cm³/mol. The molecule has 33 heavy (non-hydrogen) atoms. The number of aromatic nitrogens is 4. The summed E-state index contributed by atoms with van der Waals surface area (Å²) < 4.78 is 27.6. The van der Waals surface area contributed by atoms with E-state index in [9.17, 15) is 9.18 Å². The molecule has 2 heterocycles. The van der Waals surface area contributed by atoms with Gasteiger partial charge in [0.25, 0.3) is 0 Å². The molecule has 4 aromatic rings. The van der Waals surface area contributed by atoms with Crippen molar-refractivity contribution in [2.75, 3.05) is 24.8 Å². The number of ether oxygens (including phenoxy) is 2. The van der Waals surface area contributed by atoms with Gasteiger partial charge in [0.15, 0.2) is 27.7 Å². The van der Waals surface area contributed by atoms with Crippen molar-refractivity contribution in [2.24, 2.45) is 0 Å². The summed E-state index contributed by atoms with van der Waals surface area (Å²) in [5.74, 6) is 0.126. The van der Waals surface area contributed by atoms with Crippen molar-refractivity contribution >= 4 is 44.4 Å². The Morgan fingerprint density at radius 3 is 2.79 bits per heavy atom. The first-order chi connectivity index (χ1) is 16.0. The second-order valence-corrected chi connectivity index (χ2v) is 9.09. The van der Waals surface area contributed by atoms with Gasteiger partial charge < -0.3 is 14.8 Å². The maximum Gasteiger partial charge on any atom is 0.236 e. The molecule has 0 spiro atoms. The minimum atomic E-state index is -0.449. The number of hydrogen-bond acceptors (Lipinski definition) is 8. The van der Waals surface area contributed by atoms with Gasteiger partial charge in [0, 0.05) is 7.11 Å². The van der Waals surface area contributed by atoms with Crippen LogP contribution in [0.2, 0.25) is 0 Å². The van der Waals surface area contributed by atoms with E-state index in [1.165, 1.54) is 29.2 Å². The average Bonchev–Trinajstić information content (AvgIpc) is 3.40. The molecule has 0 aliphatic rings. The Bertz CT molecular complexity index is 1210. The number of nitrogens with one attached hydrogen (secondary N) is 1. The molecular formula is C22H22FN5O3S2. The van der Waals surface area contributed by atoms with Crippen molar-refractivity contribution in [2.45, 2.75) is 24.7 Å². The normalized spacial score (nSPS) is 12.1. The summed E-state index contributed by atoms with van der Waals surface area (Å²) in [5, 5.41) is 12.4. The van der Waals surface area contributed by atoms with Gasteiger partial charge in [0.05, 0.1) is 28.6 Å². The van der Waals surface area contributed by atoms with Crippen molar-refractivity contribution in [1.82, 2.24) is 19.7 Å². The highest BCUT2D eigenvalue weighted by Crippen LogP contribution is 2.27. The number of thiazole rings is 1. The molecule has 11 heteroatoms. The molecule has 1 N–H and O–H groups in total. The molecule has 0 aliphatic heterocycles. The lowest BCUT2D eigenvalue weighted by Gasteiger charge is -2.17. The van der Waals surface area contributed by atoms with Gasteiger partial charge in [-0.05, 0) is 31.2 Å². The van der Waals surface area contributed by atoms with Crippen LogP contribution in [0.25, 0.3) is 10.2 Å². The third-order valence-corrected chi connectivity index (χ3v) is 6.54. The van der Waals surface area contributed by atoms with Crippen LogP contribution in [0.1, 0.15) is 18.8 Å². The van der Waals surface area contributed by atoms with Crippen molar-refractivity contribution in [3.63, 3.8) is 0 Å². The average molecular weight is 488 g/mol. The largest absolute Gasteiger partial charge is 0.483 e. The summed E-state index contributed by atoms with van der Waals surface area (Å²) >= 11 is 2.67. The monoisotopic (exact) mass is 487 g/mol. The van der Waals surface area contributed by atoms with Crippen LogP contribution in [-0.4, -0.2) is 45.1 Å². The highest BCUT2D eigenvalue weighted by molar-refractivity contribution is 7.99. The Morgan fingerprint density at radius 2 is 2.00 bits per heavy atom. The Labute approximate surface area is 198 Å². The third-order valence-electron chi connectivity index (χ3n) is 4.65. The number of rotatable bonds is 10. The van der Waals surface area contributed by atoms with Gasteiger partial charge in [-0.2, -0.15) is 0 Å². The summed E-state index contributed by atoms with van der Waals surface area (Å²) in [5.41, 5.74) is 0.845. The number of methoxy groups -OCH3 is 1. The highest BCUT2D eigenvalue weighted by Gasteiger charge is 2.20. The van der Waals surface area contributed by atoms with E-state index < -0.39 is 5.82 Å². The third kappa shape index (κ3) is 5.67. The number of fused-ring (bicyclic) bond motifs is 1. The number of hydrogen-bond donors (Lipinski definition) is 1. The number of nitrogens with zero attached hydrogens (tertiary/aromatic N) is 4. The molecule has 0 saturated heterocycles. The molecule has 172 valence electrons. The number of anilines is 1. The van der Waals surface area contributed by atoms with Crippen molar-refractivity contribution < 1.29 is 18.7 Å². The standard InChI is InChI=1S/C22H22FN5O3S2/c1-14(11-30-2)28-19(12-31-17-9-5-3-7-15(17)23)26-27-22(28)32-13-20(29)25-21-24-16-8-4-6-10-18(16)33-21/h3-10,14H,11-13H2,1-2H3,(H,24,25,29)/t14-/m0/s1. The van der Waals surface area contributed by atoms with Gasteiger partial charge in [0.2, 0.25) is 5.91 Å². The van der Waals surface area contributed by atoms with E-state index in [-0.39, 0.29) is 30.1 Å². The molecular weight excluding hydrogens is 465 g/mol. The summed E-state index contributed by atoms with van der Waals surface area (Å²) in [6, 6.07) is 13.8. The van der Waals surface area contributed by atoms with E-state index in [2.05, 4.69) is 20.5 Å². The molecule has 0 bridgehead atoms. The quantitative estimate of drug-likeness (QED) is 0.328. The lowest BCUT2D eigenvalue weighted by molar-refractivity contribution is -0.113. The van der Waals surface area contributed by atoms with E-state index >= 15 is 0 Å². The van der Waals surface area contributed by atoms with Gasteiger partial charge in [-0.3, -0.25) is 9.36 Å². The summed E-state index contributed by atoms with van der Waals surface area (Å²) in [7, 11) is 1.61. The molecule has 0 saturated carbocycles. The summed E-state index contributed by atoms with van der Waals surface area (Å²) in [6.07, 6.45) is 0. The van der Waals surface area contributed by atoms with Gasteiger partial charge in [-0.25, -0.2) is 9.37 Å². The Kier molecular flexibility index (Phi) is 7.53. The molecule has 0 aliphatic carbocycles.